The molecule has 2 heterocycles. The number of carbonyl (C=O) groups is 2. The molecule has 4 nitrogen and oxygen atoms in total. The Morgan fingerprint density at radius 3 is 2.78 bits per heavy atom. The van der Waals surface area contributed by atoms with E-state index in [2.05, 4.69) is 15.9 Å². The van der Waals surface area contributed by atoms with Gasteiger partial charge in [-0.3, -0.25) is 4.79 Å². The molecule has 1 saturated heterocycles. The van der Waals surface area contributed by atoms with Gasteiger partial charge < -0.3 is 10.0 Å². The number of likely N-dealkylation sites (tertiary alicyclic amines) is 1. The fraction of sp³-hybridized carbons (Fsp3) is 0.455. The number of nitrogens with zero attached hydrogens (tertiary/aromatic N) is 1. The fourth-order valence-electron chi connectivity index (χ4n) is 1.87. The van der Waals surface area contributed by atoms with E-state index >= 15 is 0 Å². The maximum absolute atomic E-state index is 13.8. The first-order chi connectivity index (χ1) is 8.40. The minimum Gasteiger partial charge on any atom is -0.479 e. The summed E-state index contributed by atoms with van der Waals surface area (Å²) in [6, 6.07) is 3.66. The Morgan fingerprint density at radius 1 is 1.56 bits per heavy atom. The van der Waals surface area contributed by atoms with E-state index < -0.39 is 11.6 Å². The number of amides is 1. The molecule has 0 spiro atoms. The predicted molar refractivity (Wildman–Crippen MR) is 68.4 cm³/mol. The minimum atomic E-state index is -2.29. The van der Waals surface area contributed by atoms with E-state index in [1.807, 2.05) is 12.1 Å². The Balaban J connectivity index is 1.98. The van der Waals surface area contributed by atoms with Crippen molar-refractivity contribution in [1.29, 1.82) is 0 Å². The molecule has 7 heteroatoms. The van der Waals surface area contributed by atoms with Crippen molar-refractivity contribution in [2.45, 2.75) is 18.5 Å². The smallest absolute Gasteiger partial charge is 0.343 e. The summed E-state index contributed by atoms with van der Waals surface area (Å²) in [5, 5.41) is 8.75. The first-order valence-corrected chi connectivity index (χ1v) is 6.96. The zero-order chi connectivity index (χ0) is 13.3. The zero-order valence-electron chi connectivity index (χ0n) is 9.36. The lowest BCUT2D eigenvalue weighted by Crippen LogP contribution is -2.39. The number of thiophene rings is 1. The van der Waals surface area contributed by atoms with Gasteiger partial charge in [0.15, 0.2) is 0 Å². The molecular weight excluding hydrogens is 325 g/mol. The number of halogens is 2. The van der Waals surface area contributed by atoms with Gasteiger partial charge in [0, 0.05) is 17.8 Å². The summed E-state index contributed by atoms with van der Waals surface area (Å²) in [7, 11) is 0. The van der Waals surface area contributed by atoms with Crippen LogP contribution in [-0.4, -0.2) is 40.6 Å². The molecule has 0 saturated carbocycles. The highest BCUT2D eigenvalue weighted by atomic mass is 79.9. The number of rotatable bonds is 3. The number of aliphatic carboxylic acids is 1. The van der Waals surface area contributed by atoms with Gasteiger partial charge in [-0.1, -0.05) is 0 Å². The summed E-state index contributed by atoms with van der Waals surface area (Å²) >= 11 is 4.74. The second-order valence-electron chi connectivity index (χ2n) is 4.22. The molecule has 1 fully saturated rings. The molecule has 0 radical (unpaired) electrons. The summed E-state index contributed by atoms with van der Waals surface area (Å²) < 4.78 is 14.7. The van der Waals surface area contributed by atoms with Gasteiger partial charge in [0.25, 0.3) is 0 Å². The zero-order valence-corrected chi connectivity index (χ0v) is 11.8. The summed E-state index contributed by atoms with van der Waals surface area (Å²) in [5.41, 5.74) is -2.29. The Labute approximate surface area is 116 Å². The van der Waals surface area contributed by atoms with Crippen LogP contribution < -0.4 is 0 Å². The van der Waals surface area contributed by atoms with Crippen molar-refractivity contribution in [2.75, 3.05) is 13.1 Å². The van der Waals surface area contributed by atoms with E-state index in [9.17, 15) is 14.0 Å². The van der Waals surface area contributed by atoms with Gasteiger partial charge in [0.1, 0.15) is 0 Å². The largest absolute Gasteiger partial charge is 0.479 e. The monoisotopic (exact) mass is 335 g/mol. The van der Waals surface area contributed by atoms with E-state index in [0.29, 0.717) is 0 Å². The van der Waals surface area contributed by atoms with Crippen molar-refractivity contribution in [1.82, 2.24) is 4.90 Å². The normalized spacial score (nSPS) is 23.3. The maximum atomic E-state index is 13.8. The average Bonchev–Trinajstić information content (AvgIpc) is 2.86. The molecule has 98 valence electrons. The van der Waals surface area contributed by atoms with E-state index in [-0.39, 0.29) is 31.8 Å². The summed E-state index contributed by atoms with van der Waals surface area (Å²) in [6.45, 7) is -0.193. The van der Waals surface area contributed by atoms with Gasteiger partial charge in [0.05, 0.1) is 16.8 Å². The Morgan fingerprint density at radius 2 is 2.28 bits per heavy atom. The van der Waals surface area contributed by atoms with Gasteiger partial charge in [-0.2, -0.15) is 0 Å². The molecule has 1 amide bonds. The van der Waals surface area contributed by atoms with Crippen LogP contribution in [0.25, 0.3) is 0 Å². The molecule has 0 aromatic carbocycles. The highest BCUT2D eigenvalue weighted by Gasteiger charge is 2.46. The molecule has 1 atom stereocenters. The number of carbonyl (C=O) groups excluding carboxylic acids is 1. The molecule has 1 unspecified atom stereocenters. The Kier molecular flexibility index (Phi) is 3.72. The van der Waals surface area contributed by atoms with Crippen LogP contribution in [0, 0.1) is 0 Å². The maximum Gasteiger partial charge on any atom is 0.343 e. The van der Waals surface area contributed by atoms with Crippen molar-refractivity contribution < 1.29 is 19.1 Å². The van der Waals surface area contributed by atoms with Crippen LogP contribution >= 0.6 is 27.3 Å². The molecule has 0 bridgehead atoms. The molecule has 1 N–H and O–H groups in total. The van der Waals surface area contributed by atoms with Crippen LogP contribution in [-0.2, 0) is 16.0 Å². The molecule has 1 aromatic heterocycles. The van der Waals surface area contributed by atoms with Gasteiger partial charge in [-0.25, -0.2) is 9.18 Å². The second kappa shape index (κ2) is 4.97. The predicted octanol–water partition coefficient (Wildman–Crippen LogP) is 2.08. The first kappa shape index (κ1) is 13.5. The van der Waals surface area contributed by atoms with Gasteiger partial charge in [-0.05, 0) is 28.1 Å². The van der Waals surface area contributed by atoms with Crippen molar-refractivity contribution in [2.24, 2.45) is 0 Å². The lowest BCUT2D eigenvalue weighted by atomic mass is 10.1. The van der Waals surface area contributed by atoms with E-state index in [0.717, 1.165) is 8.66 Å². The van der Waals surface area contributed by atoms with Gasteiger partial charge in [-0.15, -0.1) is 11.3 Å². The average molecular weight is 336 g/mol. The van der Waals surface area contributed by atoms with Crippen LogP contribution in [0.2, 0.25) is 0 Å². The molecule has 1 aromatic rings. The standard InChI is InChI=1S/C11H11BrFNO3S/c12-8-2-1-7(18-8)5-9(15)14-4-3-11(13,6-14)10(16)17/h1-2H,3-6H2,(H,16,17). The quantitative estimate of drug-likeness (QED) is 0.919. The Bertz CT molecular complexity index is 492. The lowest BCUT2D eigenvalue weighted by molar-refractivity contribution is -0.150. The molecule has 0 aliphatic carbocycles. The number of carboxylic acid groups (broad SMARTS) is 1. The summed E-state index contributed by atoms with van der Waals surface area (Å²) in [5.74, 6) is -1.72. The highest BCUT2D eigenvalue weighted by molar-refractivity contribution is 9.11. The first-order valence-electron chi connectivity index (χ1n) is 5.35. The van der Waals surface area contributed by atoms with Crippen LogP contribution in [0.15, 0.2) is 15.9 Å². The van der Waals surface area contributed by atoms with Crippen LogP contribution in [0.1, 0.15) is 11.3 Å². The molecule has 2 rings (SSSR count). The number of carboxylic acids is 1. The minimum absolute atomic E-state index is 0.137. The number of alkyl halides is 1. The third kappa shape index (κ3) is 2.72. The van der Waals surface area contributed by atoms with Crippen molar-refractivity contribution in [3.63, 3.8) is 0 Å². The van der Waals surface area contributed by atoms with Crippen LogP contribution in [0.4, 0.5) is 4.39 Å². The lowest BCUT2D eigenvalue weighted by Gasteiger charge is -2.17. The van der Waals surface area contributed by atoms with E-state index in [1.165, 1.54) is 16.2 Å². The molecule has 18 heavy (non-hydrogen) atoms. The van der Waals surface area contributed by atoms with Crippen molar-refractivity contribution >= 4 is 39.1 Å². The van der Waals surface area contributed by atoms with E-state index in [4.69, 9.17) is 5.11 Å². The van der Waals surface area contributed by atoms with Crippen LogP contribution in [0.5, 0.6) is 0 Å². The molecule has 1 aliphatic rings. The fourth-order valence-corrected chi connectivity index (χ4v) is 3.34. The summed E-state index contributed by atoms with van der Waals surface area (Å²) in [4.78, 5) is 24.8. The number of hydrogen-bond acceptors (Lipinski definition) is 3. The van der Waals surface area contributed by atoms with Crippen molar-refractivity contribution in [3.05, 3.63) is 20.8 Å². The number of hydrogen-bond donors (Lipinski definition) is 1. The SMILES string of the molecule is O=C(Cc1ccc(Br)s1)N1CCC(F)(C(=O)O)C1. The third-order valence-electron chi connectivity index (χ3n) is 2.91. The van der Waals surface area contributed by atoms with Gasteiger partial charge in [0.2, 0.25) is 11.6 Å². The van der Waals surface area contributed by atoms with E-state index in [1.54, 1.807) is 0 Å². The third-order valence-corrected chi connectivity index (χ3v) is 4.53. The van der Waals surface area contributed by atoms with Gasteiger partial charge >= 0.3 is 5.97 Å². The van der Waals surface area contributed by atoms with Crippen LogP contribution in [0.3, 0.4) is 0 Å². The molecular formula is C11H11BrFNO3S. The molecule has 1 aliphatic heterocycles. The summed E-state index contributed by atoms with van der Waals surface area (Å²) in [6.07, 6.45) is 0.0498. The van der Waals surface area contributed by atoms with Crippen molar-refractivity contribution in [3.8, 4) is 0 Å². The second-order valence-corrected chi connectivity index (χ2v) is 6.77. The topological polar surface area (TPSA) is 57.6 Å². The highest BCUT2D eigenvalue weighted by Crippen LogP contribution is 2.28. The Hall–Kier alpha value is -0.950.